The summed E-state index contributed by atoms with van der Waals surface area (Å²) in [4.78, 5) is 0. The van der Waals surface area contributed by atoms with Crippen LogP contribution in [0, 0.1) is 12.7 Å². The summed E-state index contributed by atoms with van der Waals surface area (Å²) < 4.78 is 25.1. The maximum atomic E-state index is 12.9. The largest absolute Gasteiger partial charge is 0.250 e. The third-order valence-corrected chi connectivity index (χ3v) is 1.82. The monoisotopic (exact) mass is 189 g/mol. The van der Waals surface area contributed by atoms with Crippen LogP contribution in [0.4, 0.5) is 8.78 Å². The summed E-state index contributed by atoms with van der Waals surface area (Å²) in [5.41, 5.74) is 0.227. The van der Waals surface area contributed by atoms with Gasteiger partial charge >= 0.3 is 0 Å². The van der Waals surface area contributed by atoms with Crippen LogP contribution in [0.1, 0.15) is 11.5 Å². The van der Waals surface area contributed by atoms with Gasteiger partial charge in [-0.05, 0) is 30.7 Å². The highest BCUT2D eigenvalue weighted by molar-refractivity contribution is 6.30. The molecule has 3 heteroatoms. The average molecular weight is 190 g/mol. The normalized spacial score (nSPS) is 13.0. The minimum absolute atomic E-state index is 0.227. The fourth-order valence-corrected chi connectivity index (χ4v) is 1.09. The first-order valence-corrected chi connectivity index (χ1v) is 3.87. The van der Waals surface area contributed by atoms with E-state index in [-0.39, 0.29) is 5.56 Å². The van der Waals surface area contributed by atoms with E-state index in [0.717, 1.165) is 0 Å². The van der Waals surface area contributed by atoms with Gasteiger partial charge in [-0.25, -0.2) is 4.39 Å². The van der Waals surface area contributed by atoms with Crippen molar-refractivity contribution in [3.05, 3.63) is 41.5 Å². The molecule has 1 unspecified atom stereocenters. The molecule has 1 aromatic rings. The highest BCUT2D eigenvalue weighted by Gasteiger charge is 2.10. The Morgan fingerprint density at radius 3 is 2.75 bits per heavy atom. The van der Waals surface area contributed by atoms with Crippen molar-refractivity contribution in [1.29, 1.82) is 0 Å². The van der Waals surface area contributed by atoms with Crippen LogP contribution < -0.4 is 0 Å². The standard InChI is InChI=1S/C9H8ClF2/c1-6(5-11)8-4-7(10)2-3-9(8)12/h2-4,6H,1,5H2. The fourth-order valence-electron chi connectivity index (χ4n) is 0.911. The van der Waals surface area contributed by atoms with Gasteiger partial charge in [-0.15, -0.1) is 0 Å². The first-order valence-electron chi connectivity index (χ1n) is 3.49. The predicted octanol–water partition coefficient (Wildman–Crippen LogP) is 3.37. The maximum absolute atomic E-state index is 12.9. The van der Waals surface area contributed by atoms with E-state index in [0.29, 0.717) is 5.02 Å². The van der Waals surface area contributed by atoms with Crippen molar-refractivity contribution in [1.82, 2.24) is 0 Å². The van der Waals surface area contributed by atoms with Crippen molar-refractivity contribution < 1.29 is 8.78 Å². The number of benzene rings is 1. The zero-order valence-corrected chi connectivity index (χ0v) is 7.11. The minimum atomic E-state index is -0.683. The van der Waals surface area contributed by atoms with Crippen LogP contribution in [-0.4, -0.2) is 6.67 Å². The Bertz CT molecular complexity index is 273. The second-order valence-corrected chi connectivity index (χ2v) is 2.95. The molecule has 0 aliphatic heterocycles. The van der Waals surface area contributed by atoms with Crippen molar-refractivity contribution in [3.63, 3.8) is 0 Å². The number of rotatable bonds is 2. The van der Waals surface area contributed by atoms with E-state index in [1.165, 1.54) is 18.2 Å². The highest BCUT2D eigenvalue weighted by Crippen LogP contribution is 2.22. The minimum Gasteiger partial charge on any atom is -0.250 e. The molecular formula is C9H8ClF2. The molecule has 12 heavy (non-hydrogen) atoms. The molecule has 1 atom stereocenters. The molecule has 0 saturated heterocycles. The molecule has 0 aliphatic rings. The van der Waals surface area contributed by atoms with Crippen LogP contribution in [0.5, 0.6) is 0 Å². The average Bonchev–Trinajstić information content (AvgIpc) is 2.08. The smallest absolute Gasteiger partial charge is 0.126 e. The first kappa shape index (κ1) is 9.46. The summed E-state index contributed by atoms with van der Waals surface area (Å²) in [6, 6.07) is 4.03. The third-order valence-electron chi connectivity index (χ3n) is 1.58. The topological polar surface area (TPSA) is 0 Å². The van der Waals surface area contributed by atoms with Gasteiger partial charge in [-0.2, -0.15) is 0 Å². The summed E-state index contributed by atoms with van der Waals surface area (Å²) in [7, 11) is 0. The van der Waals surface area contributed by atoms with Crippen molar-refractivity contribution in [2.45, 2.75) is 5.92 Å². The molecule has 1 radical (unpaired) electrons. The van der Waals surface area contributed by atoms with E-state index in [1.807, 2.05) is 0 Å². The van der Waals surface area contributed by atoms with Gasteiger partial charge in [0.05, 0.1) is 6.67 Å². The molecule has 0 heterocycles. The lowest BCUT2D eigenvalue weighted by Crippen LogP contribution is -1.99. The van der Waals surface area contributed by atoms with Gasteiger partial charge in [0.2, 0.25) is 0 Å². The molecular weight excluding hydrogens is 182 g/mol. The van der Waals surface area contributed by atoms with E-state index in [2.05, 4.69) is 6.92 Å². The lowest BCUT2D eigenvalue weighted by atomic mass is 10.0. The fraction of sp³-hybridized carbons (Fsp3) is 0.222. The molecule has 1 rings (SSSR count). The van der Waals surface area contributed by atoms with E-state index in [1.54, 1.807) is 0 Å². The molecule has 0 nitrogen and oxygen atoms in total. The van der Waals surface area contributed by atoms with Crippen LogP contribution in [0.2, 0.25) is 5.02 Å². The van der Waals surface area contributed by atoms with Crippen molar-refractivity contribution in [3.8, 4) is 0 Å². The quantitative estimate of drug-likeness (QED) is 0.669. The lowest BCUT2D eigenvalue weighted by molar-refractivity contribution is 0.455. The van der Waals surface area contributed by atoms with Crippen LogP contribution >= 0.6 is 11.6 Å². The van der Waals surface area contributed by atoms with Gasteiger partial charge in [0.1, 0.15) is 5.82 Å². The number of hydrogen-bond acceptors (Lipinski definition) is 0. The Kier molecular flexibility index (Phi) is 3.04. The molecule has 0 aliphatic carbocycles. The first-order chi connectivity index (χ1) is 5.65. The molecule has 0 spiro atoms. The Morgan fingerprint density at radius 2 is 2.17 bits per heavy atom. The third kappa shape index (κ3) is 1.95. The molecule has 0 N–H and O–H groups in total. The van der Waals surface area contributed by atoms with Gasteiger partial charge in [-0.3, -0.25) is 4.39 Å². The summed E-state index contributed by atoms with van der Waals surface area (Å²) >= 11 is 5.60. The summed E-state index contributed by atoms with van der Waals surface area (Å²) in [5, 5.41) is 0.397. The molecule has 0 aromatic heterocycles. The van der Waals surface area contributed by atoms with Crippen molar-refractivity contribution >= 4 is 11.6 Å². The van der Waals surface area contributed by atoms with Crippen LogP contribution in [0.25, 0.3) is 0 Å². The molecule has 1 aromatic carbocycles. The Labute approximate surface area is 75.2 Å². The summed E-state index contributed by atoms with van der Waals surface area (Å²) in [6.07, 6.45) is 0. The molecule has 0 saturated carbocycles. The number of halogens is 3. The predicted molar refractivity (Wildman–Crippen MR) is 45.5 cm³/mol. The molecule has 0 bridgehead atoms. The maximum Gasteiger partial charge on any atom is 0.126 e. The zero-order chi connectivity index (χ0) is 9.14. The van der Waals surface area contributed by atoms with E-state index < -0.39 is 18.4 Å². The van der Waals surface area contributed by atoms with E-state index in [4.69, 9.17) is 11.6 Å². The van der Waals surface area contributed by atoms with E-state index in [9.17, 15) is 8.78 Å². The number of hydrogen-bond donors (Lipinski definition) is 0. The van der Waals surface area contributed by atoms with Crippen molar-refractivity contribution in [2.75, 3.05) is 6.67 Å². The van der Waals surface area contributed by atoms with Crippen LogP contribution in [0.3, 0.4) is 0 Å². The molecule has 65 valence electrons. The molecule has 0 fully saturated rings. The van der Waals surface area contributed by atoms with Gasteiger partial charge in [0.15, 0.2) is 0 Å². The number of alkyl halides is 1. The van der Waals surface area contributed by atoms with Crippen LogP contribution in [-0.2, 0) is 0 Å². The second kappa shape index (κ2) is 3.85. The van der Waals surface area contributed by atoms with Gasteiger partial charge in [0, 0.05) is 10.9 Å². The Hall–Kier alpha value is -0.630. The van der Waals surface area contributed by atoms with Crippen molar-refractivity contribution in [2.24, 2.45) is 0 Å². The van der Waals surface area contributed by atoms with E-state index >= 15 is 0 Å². The second-order valence-electron chi connectivity index (χ2n) is 2.52. The van der Waals surface area contributed by atoms with Gasteiger partial charge < -0.3 is 0 Å². The highest BCUT2D eigenvalue weighted by atomic mass is 35.5. The van der Waals surface area contributed by atoms with Crippen LogP contribution in [0.15, 0.2) is 18.2 Å². The lowest BCUT2D eigenvalue weighted by Gasteiger charge is -2.07. The van der Waals surface area contributed by atoms with Gasteiger partial charge in [-0.1, -0.05) is 11.6 Å². The zero-order valence-electron chi connectivity index (χ0n) is 6.36. The molecule has 0 amide bonds. The Morgan fingerprint density at radius 1 is 1.50 bits per heavy atom. The van der Waals surface area contributed by atoms with Gasteiger partial charge in [0.25, 0.3) is 0 Å². The summed E-state index contributed by atoms with van der Waals surface area (Å²) in [5.74, 6) is -1.14. The SMILES string of the molecule is [CH2]C(CF)c1cc(Cl)ccc1F. The Balaban J connectivity index is 3.04. The summed E-state index contributed by atoms with van der Waals surface area (Å²) in [6.45, 7) is 2.77.